The lowest BCUT2D eigenvalue weighted by Crippen LogP contribution is -1.85. The van der Waals surface area contributed by atoms with Gasteiger partial charge in [-0.3, -0.25) is 0 Å². The molecular formula is C30H60F. The standard InChI is InChI=1S/C30H60F/c1-2-3-4-5-6-7-8-9-10-11-12-13-14-15-16-17-18-19-20-21-22-23-24-25-26-27-28-29-30-31/h30H,2-29H2,1H3. The van der Waals surface area contributed by atoms with Gasteiger partial charge in [0.15, 0.2) is 0 Å². The third-order valence-corrected chi connectivity index (χ3v) is 6.92. The van der Waals surface area contributed by atoms with Gasteiger partial charge in [0.1, 0.15) is 6.67 Å². The summed E-state index contributed by atoms with van der Waals surface area (Å²) in [6, 6.07) is 0. The van der Waals surface area contributed by atoms with Gasteiger partial charge < -0.3 is 0 Å². The third kappa shape index (κ3) is 29.9. The predicted octanol–water partition coefficient (Wildman–Crippen LogP) is 12.1. The third-order valence-electron chi connectivity index (χ3n) is 6.92. The van der Waals surface area contributed by atoms with E-state index in [4.69, 9.17) is 0 Å². The number of unbranched alkanes of at least 4 members (excludes halogenated alkanes) is 27. The van der Waals surface area contributed by atoms with Crippen LogP contribution >= 0.6 is 0 Å². The Labute approximate surface area is 197 Å². The van der Waals surface area contributed by atoms with Gasteiger partial charge in [-0.1, -0.05) is 180 Å². The average molecular weight is 440 g/mol. The first-order valence-electron chi connectivity index (χ1n) is 14.8. The van der Waals surface area contributed by atoms with Crippen molar-refractivity contribution in [3.8, 4) is 0 Å². The van der Waals surface area contributed by atoms with Gasteiger partial charge in [0, 0.05) is 0 Å². The summed E-state index contributed by atoms with van der Waals surface area (Å²) < 4.78 is 11.9. The van der Waals surface area contributed by atoms with Crippen LogP contribution < -0.4 is 0 Å². The maximum Gasteiger partial charge on any atom is 0.131 e. The Bertz CT molecular complexity index is 260. The molecule has 0 spiro atoms. The van der Waals surface area contributed by atoms with Crippen molar-refractivity contribution in [3.05, 3.63) is 6.67 Å². The van der Waals surface area contributed by atoms with Gasteiger partial charge in [0.25, 0.3) is 0 Å². The summed E-state index contributed by atoms with van der Waals surface area (Å²) in [5.74, 6) is 0. The molecule has 0 aromatic heterocycles. The second-order valence-corrected chi connectivity index (χ2v) is 10.1. The quantitative estimate of drug-likeness (QED) is 0.106. The first-order valence-corrected chi connectivity index (χ1v) is 14.8. The molecule has 0 atom stereocenters. The maximum atomic E-state index is 11.9. The molecule has 0 amide bonds. The molecule has 0 rings (SSSR count). The number of hydrogen-bond acceptors (Lipinski definition) is 0. The van der Waals surface area contributed by atoms with Crippen LogP contribution in [0.25, 0.3) is 0 Å². The second kappa shape index (κ2) is 29.9. The SMILES string of the molecule is CCCCCCCCCCCCCCCCCCCCCCCCCCCCC[CH]F. The summed E-state index contributed by atoms with van der Waals surface area (Å²) in [4.78, 5) is 0. The van der Waals surface area contributed by atoms with E-state index < -0.39 is 0 Å². The molecule has 0 aromatic carbocycles. The van der Waals surface area contributed by atoms with Crippen molar-refractivity contribution >= 4 is 0 Å². The first-order chi connectivity index (χ1) is 15.4. The van der Waals surface area contributed by atoms with E-state index in [2.05, 4.69) is 6.92 Å². The van der Waals surface area contributed by atoms with Crippen LogP contribution in [0.15, 0.2) is 0 Å². The van der Waals surface area contributed by atoms with Crippen molar-refractivity contribution in [1.29, 1.82) is 0 Å². The fourth-order valence-corrected chi connectivity index (χ4v) is 4.71. The van der Waals surface area contributed by atoms with Crippen molar-refractivity contribution in [3.63, 3.8) is 0 Å². The van der Waals surface area contributed by atoms with Crippen molar-refractivity contribution < 1.29 is 4.39 Å². The normalized spacial score (nSPS) is 11.4. The van der Waals surface area contributed by atoms with E-state index >= 15 is 0 Å². The fourth-order valence-electron chi connectivity index (χ4n) is 4.71. The molecule has 0 bridgehead atoms. The van der Waals surface area contributed by atoms with Crippen LogP contribution in [0.2, 0.25) is 0 Å². The molecule has 187 valence electrons. The lowest BCUT2D eigenvalue weighted by molar-refractivity contribution is 0.510. The zero-order valence-corrected chi connectivity index (χ0v) is 21.8. The summed E-state index contributed by atoms with van der Waals surface area (Å²) in [5.41, 5.74) is 0. The summed E-state index contributed by atoms with van der Waals surface area (Å²) in [5, 5.41) is 0. The van der Waals surface area contributed by atoms with E-state index in [1.165, 1.54) is 167 Å². The fraction of sp³-hybridized carbons (Fsp3) is 0.967. The van der Waals surface area contributed by atoms with Crippen LogP contribution in [-0.4, -0.2) is 0 Å². The van der Waals surface area contributed by atoms with Crippen LogP contribution in [0.3, 0.4) is 0 Å². The average Bonchev–Trinajstić information content (AvgIpc) is 2.78. The lowest BCUT2D eigenvalue weighted by atomic mass is 10.0. The molecule has 1 heteroatoms. The van der Waals surface area contributed by atoms with E-state index in [9.17, 15) is 4.39 Å². The smallest absolute Gasteiger partial charge is 0.131 e. The Kier molecular flexibility index (Phi) is 29.9. The molecule has 0 saturated carbocycles. The predicted molar refractivity (Wildman–Crippen MR) is 140 cm³/mol. The molecule has 31 heavy (non-hydrogen) atoms. The molecule has 0 N–H and O–H groups in total. The van der Waals surface area contributed by atoms with E-state index in [0.717, 1.165) is 13.1 Å². The van der Waals surface area contributed by atoms with Gasteiger partial charge >= 0.3 is 0 Å². The molecule has 0 aliphatic rings. The van der Waals surface area contributed by atoms with Crippen molar-refractivity contribution in [1.82, 2.24) is 0 Å². The molecule has 0 fully saturated rings. The zero-order valence-electron chi connectivity index (χ0n) is 21.8. The number of rotatable bonds is 28. The van der Waals surface area contributed by atoms with Gasteiger partial charge in [-0.05, 0) is 6.42 Å². The highest BCUT2D eigenvalue weighted by atomic mass is 19.1. The number of halogens is 1. The Balaban J connectivity index is 2.98. The Morgan fingerprint density at radius 3 is 0.710 bits per heavy atom. The molecular weight excluding hydrogens is 379 g/mol. The molecule has 0 aromatic rings. The van der Waals surface area contributed by atoms with Crippen LogP contribution in [-0.2, 0) is 0 Å². The highest BCUT2D eigenvalue weighted by Gasteiger charge is 1.96. The Morgan fingerprint density at radius 1 is 0.323 bits per heavy atom. The summed E-state index contributed by atoms with van der Waals surface area (Å²) in [6.07, 6.45) is 39.0. The summed E-state index contributed by atoms with van der Waals surface area (Å²) in [7, 11) is 0. The molecule has 0 nitrogen and oxygen atoms in total. The highest BCUT2D eigenvalue weighted by molar-refractivity contribution is 4.53. The summed E-state index contributed by atoms with van der Waals surface area (Å²) in [6.45, 7) is 3.10. The molecule has 0 aliphatic carbocycles. The van der Waals surface area contributed by atoms with Gasteiger partial charge in [-0.2, -0.15) is 0 Å². The van der Waals surface area contributed by atoms with E-state index in [-0.39, 0.29) is 0 Å². The van der Waals surface area contributed by atoms with E-state index in [1.54, 1.807) is 0 Å². The molecule has 0 aliphatic heterocycles. The van der Waals surface area contributed by atoms with E-state index in [1.807, 2.05) is 0 Å². The maximum absolute atomic E-state index is 11.9. The van der Waals surface area contributed by atoms with Gasteiger partial charge in [0.05, 0.1) is 0 Å². The van der Waals surface area contributed by atoms with Crippen molar-refractivity contribution in [2.45, 2.75) is 187 Å². The Hall–Kier alpha value is -0.0700. The monoisotopic (exact) mass is 439 g/mol. The van der Waals surface area contributed by atoms with Crippen LogP contribution in [0.4, 0.5) is 4.39 Å². The molecule has 0 heterocycles. The second-order valence-electron chi connectivity index (χ2n) is 10.1. The molecule has 1 radical (unpaired) electrons. The van der Waals surface area contributed by atoms with Gasteiger partial charge in [-0.15, -0.1) is 0 Å². The minimum absolute atomic E-state index is 0.652. The van der Waals surface area contributed by atoms with Gasteiger partial charge in [-0.25, -0.2) is 4.39 Å². The largest absolute Gasteiger partial charge is 0.244 e. The van der Waals surface area contributed by atoms with Crippen molar-refractivity contribution in [2.75, 3.05) is 0 Å². The molecule has 0 saturated heterocycles. The minimum Gasteiger partial charge on any atom is -0.244 e. The van der Waals surface area contributed by atoms with Crippen LogP contribution in [0, 0.1) is 6.67 Å². The van der Waals surface area contributed by atoms with Crippen LogP contribution in [0.1, 0.15) is 187 Å². The van der Waals surface area contributed by atoms with Crippen LogP contribution in [0.5, 0.6) is 0 Å². The highest BCUT2D eigenvalue weighted by Crippen LogP contribution is 2.16. The van der Waals surface area contributed by atoms with Gasteiger partial charge in [0.2, 0.25) is 0 Å². The zero-order chi connectivity index (χ0) is 22.5. The first kappa shape index (κ1) is 30.9. The van der Waals surface area contributed by atoms with Crippen molar-refractivity contribution in [2.24, 2.45) is 0 Å². The minimum atomic E-state index is 0.652. The summed E-state index contributed by atoms with van der Waals surface area (Å²) >= 11 is 0. The van der Waals surface area contributed by atoms with E-state index in [0.29, 0.717) is 6.42 Å². The Morgan fingerprint density at radius 2 is 0.516 bits per heavy atom. The topological polar surface area (TPSA) is 0 Å². The molecule has 0 unspecified atom stereocenters. The lowest BCUT2D eigenvalue weighted by Gasteiger charge is -2.04. The number of hydrogen-bond donors (Lipinski definition) is 0.